The van der Waals surface area contributed by atoms with E-state index < -0.39 is 5.82 Å². The number of benzene rings is 2. The minimum Gasteiger partial charge on any atom is -0.331 e. The Kier molecular flexibility index (Phi) is 4.73. The van der Waals surface area contributed by atoms with Gasteiger partial charge in [-0.3, -0.25) is 10.4 Å². The van der Waals surface area contributed by atoms with Gasteiger partial charge in [-0.1, -0.05) is 29.8 Å². The maximum Gasteiger partial charge on any atom is 0.198 e. The maximum absolute atomic E-state index is 13.1. The third-order valence-corrected chi connectivity index (χ3v) is 3.79. The van der Waals surface area contributed by atoms with Crippen molar-refractivity contribution in [2.24, 2.45) is 4.99 Å². The molecular formula is C16H14ClFN4S. The van der Waals surface area contributed by atoms with Crippen LogP contribution in [0.25, 0.3) is 0 Å². The number of nitrogens with one attached hydrogen (secondary N) is 2. The fourth-order valence-corrected chi connectivity index (χ4v) is 2.62. The van der Waals surface area contributed by atoms with E-state index >= 15 is 0 Å². The van der Waals surface area contributed by atoms with Gasteiger partial charge in [0.15, 0.2) is 5.11 Å². The van der Waals surface area contributed by atoms with Crippen molar-refractivity contribution in [3.05, 3.63) is 59.4 Å². The van der Waals surface area contributed by atoms with Gasteiger partial charge in [0.2, 0.25) is 0 Å². The third kappa shape index (κ3) is 3.97. The standard InChI is InChI=1S/C16H14ClFN4S/c17-13-10-11(6-7-14(13)18)19-16(23)20-15-8-9-22(21-15)12-4-2-1-3-5-12/h1-7,10H,8-9H2,(H2,19,20,21,23). The van der Waals surface area contributed by atoms with Gasteiger partial charge in [0.25, 0.3) is 0 Å². The van der Waals surface area contributed by atoms with E-state index in [1.165, 1.54) is 12.1 Å². The molecule has 0 amide bonds. The molecule has 2 aromatic carbocycles. The molecule has 4 nitrogen and oxygen atoms in total. The Morgan fingerprint density at radius 3 is 2.78 bits per heavy atom. The number of hydrazine groups is 1. The van der Waals surface area contributed by atoms with Crippen molar-refractivity contribution >= 4 is 46.1 Å². The van der Waals surface area contributed by atoms with Gasteiger partial charge in [0.05, 0.1) is 10.7 Å². The lowest BCUT2D eigenvalue weighted by Gasteiger charge is -2.17. The normalized spacial score (nSPS) is 15.6. The maximum atomic E-state index is 13.1. The van der Waals surface area contributed by atoms with Crippen LogP contribution >= 0.6 is 23.8 Å². The Labute approximate surface area is 143 Å². The van der Waals surface area contributed by atoms with Gasteiger partial charge in [-0.05, 0) is 42.5 Å². The van der Waals surface area contributed by atoms with Crippen LogP contribution in [0.2, 0.25) is 5.02 Å². The second kappa shape index (κ2) is 6.93. The molecule has 1 aliphatic heterocycles. The Morgan fingerprint density at radius 1 is 1.26 bits per heavy atom. The van der Waals surface area contributed by atoms with Crippen LogP contribution in [0.1, 0.15) is 6.42 Å². The molecule has 118 valence electrons. The van der Waals surface area contributed by atoms with Crippen LogP contribution in [0.4, 0.5) is 15.8 Å². The highest BCUT2D eigenvalue weighted by Gasteiger charge is 2.17. The van der Waals surface area contributed by atoms with Gasteiger partial charge in [0, 0.05) is 18.7 Å². The molecule has 0 aliphatic carbocycles. The summed E-state index contributed by atoms with van der Waals surface area (Å²) in [6.07, 6.45) is 0.765. The van der Waals surface area contributed by atoms with E-state index in [1.807, 2.05) is 35.3 Å². The van der Waals surface area contributed by atoms with Crippen molar-refractivity contribution in [3.8, 4) is 0 Å². The largest absolute Gasteiger partial charge is 0.331 e. The van der Waals surface area contributed by atoms with E-state index in [-0.39, 0.29) is 5.02 Å². The molecule has 2 aromatic rings. The lowest BCUT2D eigenvalue weighted by atomic mass is 10.3. The SMILES string of the molecule is Fc1ccc(NC(=S)/N=C2\CCN(c3ccccc3)N2)cc1Cl. The van der Waals surface area contributed by atoms with E-state index in [0.29, 0.717) is 10.8 Å². The predicted octanol–water partition coefficient (Wildman–Crippen LogP) is 3.99. The van der Waals surface area contributed by atoms with Gasteiger partial charge in [-0.15, -0.1) is 0 Å². The Hall–Kier alpha value is -2.18. The highest BCUT2D eigenvalue weighted by Crippen LogP contribution is 2.20. The average Bonchev–Trinajstić information content (AvgIpc) is 3.00. The zero-order valence-electron chi connectivity index (χ0n) is 12.1. The summed E-state index contributed by atoms with van der Waals surface area (Å²) in [6, 6.07) is 14.3. The van der Waals surface area contributed by atoms with Gasteiger partial charge >= 0.3 is 0 Å². The number of nitrogens with zero attached hydrogens (tertiary/aromatic N) is 2. The monoisotopic (exact) mass is 348 g/mol. The molecule has 1 heterocycles. The van der Waals surface area contributed by atoms with Crippen molar-refractivity contribution in [3.63, 3.8) is 0 Å². The van der Waals surface area contributed by atoms with E-state index in [0.717, 1.165) is 24.5 Å². The smallest absolute Gasteiger partial charge is 0.198 e. The Bertz CT molecular complexity index is 751. The summed E-state index contributed by atoms with van der Waals surface area (Å²) in [5.74, 6) is 0.310. The summed E-state index contributed by atoms with van der Waals surface area (Å²) in [5.41, 5.74) is 4.89. The van der Waals surface area contributed by atoms with Crippen LogP contribution in [-0.4, -0.2) is 17.5 Å². The summed E-state index contributed by atoms with van der Waals surface area (Å²) >= 11 is 11.0. The number of hydrogen-bond acceptors (Lipinski definition) is 2. The molecule has 1 aliphatic rings. The molecule has 0 unspecified atom stereocenters. The molecule has 0 spiro atoms. The van der Waals surface area contributed by atoms with Crippen LogP contribution < -0.4 is 15.8 Å². The molecule has 1 saturated heterocycles. The first-order chi connectivity index (χ1) is 11.1. The second-order valence-corrected chi connectivity index (χ2v) is 5.76. The first-order valence-electron chi connectivity index (χ1n) is 7.05. The van der Waals surface area contributed by atoms with Crippen molar-refractivity contribution < 1.29 is 4.39 Å². The Morgan fingerprint density at radius 2 is 2.04 bits per heavy atom. The van der Waals surface area contributed by atoms with Gasteiger partial charge in [-0.25, -0.2) is 9.38 Å². The van der Waals surface area contributed by atoms with Crippen LogP contribution in [-0.2, 0) is 0 Å². The topological polar surface area (TPSA) is 39.7 Å². The zero-order chi connectivity index (χ0) is 16.2. The first-order valence-corrected chi connectivity index (χ1v) is 7.83. The number of aliphatic imine (C=N–C) groups is 1. The van der Waals surface area contributed by atoms with Crippen molar-refractivity contribution in [2.75, 3.05) is 16.9 Å². The fourth-order valence-electron chi connectivity index (χ4n) is 2.22. The molecule has 1 fully saturated rings. The summed E-state index contributed by atoms with van der Waals surface area (Å²) in [7, 11) is 0. The fraction of sp³-hybridized carbons (Fsp3) is 0.125. The molecule has 3 rings (SSSR count). The lowest BCUT2D eigenvalue weighted by molar-refractivity contribution is 0.628. The van der Waals surface area contributed by atoms with Crippen molar-refractivity contribution in [1.29, 1.82) is 0 Å². The molecule has 0 saturated carbocycles. The van der Waals surface area contributed by atoms with Crippen LogP contribution in [0.3, 0.4) is 0 Å². The molecule has 23 heavy (non-hydrogen) atoms. The average molecular weight is 349 g/mol. The minimum atomic E-state index is -0.467. The number of thiocarbonyl (C=S) groups is 1. The van der Waals surface area contributed by atoms with Crippen LogP contribution in [0.5, 0.6) is 0 Å². The lowest BCUT2D eigenvalue weighted by Crippen LogP contribution is -2.33. The number of halogens is 2. The number of para-hydroxylation sites is 1. The predicted molar refractivity (Wildman–Crippen MR) is 96.6 cm³/mol. The zero-order valence-corrected chi connectivity index (χ0v) is 13.7. The summed E-state index contributed by atoms with van der Waals surface area (Å²) in [5, 5.41) is 5.27. The summed E-state index contributed by atoms with van der Waals surface area (Å²) < 4.78 is 13.1. The number of rotatable bonds is 2. The molecule has 0 radical (unpaired) electrons. The van der Waals surface area contributed by atoms with E-state index in [4.69, 9.17) is 23.8 Å². The number of anilines is 2. The molecule has 2 N–H and O–H groups in total. The van der Waals surface area contributed by atoms with Crippen molar-refractivity contribution in [1.82, 2.24) is 5.43 Å². The third-order valence-electron chi connectivity index (χ3n) is 3.31. The van der Waals surface area contributed by atoms with Gasteiger partial charge < -0.3 is 5.32 Å². The van der Waals surface area contributed by atoms with Gasteiger partial charge in [-0.2, -0.15) is 0 Å². The molecule has 0 aromatic heterocycles. The number of amidine groups is 1. The highest BCUT2D eigenvalue weighted by atomic mass is 35.5. The number of hydrogen-bond donors (Lipinski definition) is 2. The quantitative estimate of drug-likeness (QED) is 0.805. The summed E-state index contributed by atoms with van der Waals surface area (Å²) in [4.78, 5) is 4.35. The van der Waals surface area contributed by atoms with Crippen LogP contribution in [0, 0.1) is 5.82 Å². The molecule has 0 bridgehead atoms. The molecule has 7 heteroatoms. The minimum absolute atomic E-state index is 0.0414. The first kappa shape index (κ1) is 15.7. The highest BCUT2D eigenvalue weighted by molar-refractivity contribution is 7.80. The van der Waals surface area contributed by atoms with Gasteiger partial charge in [0.1, 0.15) is 11.7 Å². The van der Waals surface area contributed by atoms with E-state index in [1.54, 1.807) is 6.07 Å². The Balaban J connectivity index is 1.63. The van der Waals surface area contributed by atoms with E-state index in [9.17, 15) is 4.39 Å². The molecule has 0 atom stereocenters. The summed E-state index contributed by atoms with van der Waals surface area (Å²) in [6.45, 7) is 0.813. The van der Waals surface area contributed by atoms with Crippen molar-refractivity contribution in [2.45, 2.75) is 6.42 Å². The van der Waals surface area contributed by atoms with E-state index in [2.05, 4.69) is 15.7 Å². The molecular weight excluding hydrogens is 335 g/mol. The van der Waals surface area contributed by atoms with Crippen LogP contribution in [0.15, 0.2) is 53.5 Å². The second-order valence-electron chi connectivity index (χ2n) is 4.97.